The van der Waals surface area contributed by atoms with E-state index in [-0.39, 0.29) is 12.5 Å². The zero-order valence-corrected chi connectivity index (χ0v) is 13.8. The van der Waals surface area contributed by atoms with Crippen LogP contribution in [0.3, 0.4) is 0 Å². The molecule has 1 aliphatic rings. The third kappa shape index (κ3) is 5.26. The second kappa shape index (κ2) is 8.91. The van der Waals surface area contributed by atoms with E-state index in [1.165, 1.54) is 12.8 Å². The molecule has 2 rings (SSSR count). The van der Waals surface area contributed by atoms with Crippen molar-refractivity contribution in [3.63, 3.8) is 0 Å². The van der Waals surface area contributed by atoms with Crippen molar-refractivity contribution in [3.8, 4) is 5.75 Å². The van der Waals surface area contributed by atoms with Crippen LogP contribution in [0.1, 0.15) is 31.2 Å². The molecule has 1 aromatic rings. The SMILES string of the molecule is C=CCN(C(=O)C=Cc1ccc(OCC(N)=O)cc1)C1CCCC1. The Hall–Kier alpha value is -2.56. The lowest BCUT2D eigenvalue weighted by Gasteiger charge is -2.26. The molecular weight excluding hydrogens is 304 g/mol. The first kappa shape index (κ1) is 17.8. The molecule has 0 bridgehead atoms. The largest absolute Gasteiger partial charge is 0.484 e. The van der Waals surface area contributed by atoms with E-state index in [9.17, 15) is 9.59 Å². The number of carbonyl (C=O) groups is 2. The standard InChI is InChI=1S/C19H24N2O3/c1-2-13-21(16-5-3-4-6-16)19(23)12-9-15-7-10-17(11-8-15)24-14-18(20)22/h2,7-12,16H,1,3-6,13-14H2,(H2,20,22). The molecule has 128 valence electrons. The van der Waals surface area contributed by atoms with Gasteiger partial charge in [0.1, 0.15) is 5.75 Å². The first-order valence-corrected chi connectivity index (χ1v) is 8.21. The van der Waals surface area contributed by atoms with Gasteiger partial charge >= 0.3 is 0 Å². The van der Waals surface area contributed by atoms with Gasteiger partial charge in [0, 0.05) is 18.7 Å². The quantitative estimate of drug-likeness (QED) is 0.589. The number of hydrogen-bond acceptors (Lipinski definition) is 3. The van der Waals surface area contributed by atoms with Crippen LogP contribution in [-0.4, -0.2) is 35.9 Å². The summed E-state index contributed by atoms with van der Waals surface area (Å²) in [6, 6.07) is 7.46. The molecule has 24 heavy (non-hydrogen) atoms. The number of hydrogen-bond donors (Lipinski definition) is 1. The van der Waals surface area contributed by atoms with Crippen molar-refractivity contribution in [1.29, 1.82) is 0 Å². The van der Waals surface area contributed by atoms with Crippen LogP contribution >= 0.6 is 0 Å². The van der Waals surface area contributed by atoms with E-state index in [4.69, 9.17) is 10.5 Å². The number of primary amides is 1. The fourth-order valence-corrected chi connectivity index (χ4v) is 2.87. The highest BCUT2D eigenvalue weighted by Crippen LogP contribution is 2.24. The number of rotatable bonds is 8. The van der Waals surface area contributed by atoms with Gasteiger partial charge in [-0.3, -0.25) is 9.59 Å². The Morgan fingerprint density at radius 1 is 1.25 bits per heavy atom. The maximum atomic E-state index is 12.5. The molecule has 0 saturated heterocycles. The van der Waals surface area contributed by atoms with Crippen molar-refractivity contribution in [2.75, 3.05) is 13.2 Å². The molecule has 0 atom stereocenters. The summed E-state index contributed by atoms with van der Waals surface area (Å²) >= 11 is 0. The molecule has 1 aliphatic carbocycles. The Bertz CT molecular complexity index is 602. The van der Waals surface area contributed by atoms with Gasteiger partial charge in [0.25, 0.3) is 5.91 Å². The minimum atomic E-state index is -0.515. The molecule has 0 spiro atoms. The number of amides is 2. The van der Waals surface area contributed by atoms with E-state index in [2.05, 4.69) is 6.58 Å². The normalized spacial score (nSPS) is 14.7. The van der Waals surface area contributed by atoms with Gasteiger partial charge in [0.15, 0.2) is 6.61 Å². The second-order valence-corrected chi connectivity index (χ2v) is 5.87. The van der Waals surface area contributed by atoms with Crippen molar-refractivity contribution in [3.05, 3.63) is 48.6 Å². The lowest BCUT2D eigenvalue weighted by molar-refractivity contribution is -0.127. The summed E-state index contributed by atoms with van der Waals surface area (Å²) in [5.74, 6) is 0.0613. The van der Waals surface area contributed by atoms with Gasteiger partial charge in [0.05, 0.1) is 0 Å². The highest BCUT2D eigenvalue weighted by atomic mass is 16.5. The Morgan fingerprint density at radius 3 is 2.50 bits per heavy atom. The Kier molecular flexibility index (Phi) is 6.61. The summed E-state index contributed by atoms with van der Waals surface area (Å²) in [5.41, 5.74) is 5.92. The van der Waals surface area contributed by atoms with Crippen molar-refractivity contribution in [2.45, 2.75) is 31.7 Å². The molecule has 5 nitrogen and oxygen atoms in total. The number of ether oxygens (including phenoxy) is 1. The third-order valence-electron chi connectivity index (χ3n) is 4.05. The maximum Gasteiger partial charge on any atom is 0.255 e. The summed E-state index contributed by atoms with van der Waals surface area (Å²) in [7, 11) is 0. The van der Waals surface area contributed by atoms with Gasteiger partial charge in [-0.2, -0.15) is 0 Å². The molecule has 0 heterocycles. The summed E-state index contributed by atoms with van der Waals surface area (Å²) in [5, 5.41) is 0. The van der Waals surface area contributed by atoms with Gasteiger partial charge in [-0.25, -0.2) is 0 Å². The topological polar surface area (TPSA) is 72.6 Å². The van der Waals surface area contributed by atoms with Crippen LogP contribution in [0.15, 0.2) is 43.0 Å². The van der Waals surface area contributed by atoms with Gasteiger partial charge in [-0.1, -0.05) is 31.1 Å². The molecule has 0 radical (unpaired) electrons. The Morgan fingerprint density at radius 2 is 1.92 bits per heavy atom. The van der Waals surface area contributed by atoms with Gasteiger partial charge in [-0.15, -0.1) is 6.58 Å². The average molecular weight is 328 g/mol. The van der Waals surface area contributed by atoms with Gasteiger partial charge < -0.3 is 15.4 Å². The van der Waals surface area contributed by atoms with Crippen LogP contribution in [-0.2, 0) is 9.59 Å². The minimum absolute atomic E-state index is 0.0101. The Balaban J connectivity index is 1.96. The molecule has 2 amide bonds. The van der Waals surface area contributed by atoms with Gasteiger partial charge in [-0.05, 0) is 36.6 Å². The van der Waals surface area contributed by atoms with Crippen molar-refractivity contribution >= 4 is 17.9 Å². The average Bonchev–Trinajstić information content (AvgIpc) is 3.10. The molecule has 0 unspecified atom stereocenters. The van der Waals surface area contributed by atoms with E-state index in [0.29, 0.717) is 18.3 Å². The minimum Gasteiger partial charge on any atom is -0.484 e. The Labute approximate surface area is 142 Å². The molecule has 0 aliphatic heterocycles. The molecule has 5 heteroatoms. The highest BCUT2D eigenvalue weighted by molar-refractivity contribution is 5.92. The highest BCUT2D eigenvalue weighted by Gasteiger charge is 2.24. The molecule has 1 saturated carbocycles. The molecule has 1 fully saturated rings. The van der Waals surface area contributed by atoms with Crippen molar-refractivity contribution in [1.82, 2.24) is 4.90 Å². The molecular formula is C19H24N2O3. The summed E-state index contributed by atoms with van der Waals surface area (Å²) in [6.45, 7) is 4.18. The van der Waals surface area contributed by atoms with E-state index in [1.54, 1.807) is 30.4 Å². The van der Waals surface area contributed by atoms with E-state index in [0.717, 1.165) is 18.4 Å². The van der Waals surface area contributed by atoms with Crippen LogP contribution in [0.25, 0.3) is 6.08 Å². The van der Waals surface area contributed by atoms with Crippen LogP contribution < -0.4 is 10.5 Å². The zero-order valence-electron chi connectivity index (χ0n) is 13.8. The summed E-state index contributed by atoms with van der Waals surface area (Å²) in [6.07, 6.45) is 9.66. The monoisotopic (exact) mass is 328 g/mol. The first-order chi connectivity index (χ1) is 11.6. The zero-order chi connectivity index (χ0) is 17.4. The number of nitrogens with zero attached hydrogens (tertiary/aromatic N) is 1. The fraction of sp³-hybridized carbons (Fsp3) is 0.368. The van der Waals surface area contributed by atoms with E-state index in [1.807, 2.05) is 17.0 Å². The van der Waals surface area contributed by atoms with Crippen LogP contribution in [0, 0.1) is 0 Å². The lowest BCUT2D eigenvalue weighted by Crippen LogP contribution is -2.37. The second-order valence-electron chi connectivity index (χ2n) is 5.87. The smallest absolute Gasteiger partial charge is 0.255 e. The predicted molar refractivity (Wildman–Crippen MR) is 94.3 cm³/mol. The molecule has 1 aromatic carbocycles. The molecule has 2 N–H and O–H groups in total. The van der Waals surface area contributed by atoms with Crippen LogP contribution in [0.2, 0.25) is 0 Å². The van der Waals surface area contributed by atoms with Crippen LogP contribution in [0.5, 0.6) is 5.75 Å². The third-order valence-corrected chi connectivity index (χ3v) is 4.05. The number of benzene rings is 1. The maximum absolute atomic E-state index is 12.5. The lowest BCUT2D eigenvalue weighted by atomic mass is 10.1. The predicted octanol–water partition coefficient (Wildman–Crippen LogP) is 2.52. The van der Waals surface area contributed by atoms with E-state index < -0.39 is 5.91 Å². The number of carbonyl (C=O) groups excluding carboxylic acids is 2. The van der Waals surface area contributed by atoms with E-state index >= 15 is 0 Å². The van der Waals surface area contributed by atoms with Crippen LogP contribution in [0.4, 0.5) is 0 Å². The molecule has 0 aromatic heterocycles. The van der Waals surface area contributed by atoms with Crippen molar-refractivity contribution in [2.24, 2.45) is 5.73 Å². The number of nitrogens with two attached hydrogens (primary N) is 1. The summed E-state index contributed by atoms with van der Waals surface area (Å²) < 4.78 is 5.20. The van der Waals surface area contributed by atoms with Crippen molar-refractivity contribution < 1.29 is 14.3 Å². The van der Waals surface area contributed by atoms with Gasteiger partial charge in [0.2, 0.25) is 5.91 Å². The first-order valence-electron chi connectivity index (χ1n) is 8.21. The fourth-order valence-electron chi connectivity index (χ4n) is 2.87. The summed E-state index contributed by atoms with van der Waals surface area (Å²) in [4.78, 5) is 25.0.